The van der Waals surface area contributed by atoms with Gasteiger partial charge in [0.05, 0.1) is 53.0 Å². The number of amides is 2. The molecule has 0 aliphatic carbocycles. The minimum Gasteiger partial charge on any atom is -0.387 e. The molecule has 200 valence electrons. The number of aromatic nitrogens is 7. The summed E-state index contributed by atoms with van der Waals surface area (Å²) >= 11 is 5.88. The number of alkyl halides is 5. The number of aliphatic hydroxyl groups excluding tert-OH is 1. The molecule has 0 saturated heterocycles. The Bertz CT molecular complexity index is 1550. The summed E-state index contributed by atoms with van der Waals surface area (Å²) in [4.78, 5) is 21.9. The van der Waals surface area contributed by atoms with Crippen LogP contribution in [-0.4, -0.2) is 58.4 Å². The van der Waals surface area contributed by atoms with Crippen LogP contribution < -0.4 is 10.2 Å². The molecule has 17 heteroatoms. The van der Waals surface area contributed by atoms with Crippen LogP contribution in [0, 0.1) is 0 Å². The van der Waals surface area contributed by atoms with Gasteiger partial charge in [-0.3, -0.25) is 4.90 Å². The first-order chi connectivity index (χ1) is 17.8. The predicted molar refractivity (Wildman–Crippen MR) is 123 cm³/mol. The lowest BCUT2D eigenvalue weighted by atomic mass is 9.88. The number of rotatable bonds is 4. The van der Waals surface area contributed by atoms with Crippen molar-refractivity contribution in [3.63, 3.8) is 0 Å². The normalized spacial score (nSPS) is 18.3. The molecule has 0 fully saturated rings. The summed E-state index contributed by atoms with van der Waals surface area (Å²) in [6.45, 7) is 1.46. The molecule has 2 atom stereocenters. The maximum Gasteiger partial charge on any atom is 0.401 e. The Kier molecular flexibility index (Phi) is 5.98. The Balaban J connectivity index is 1.52. The van der Waals surface area contributed by atoms with Crippen molar-refractivity contribution >= 4 is 34.7 Å². The number of hydrogen-bond donors (Lipinski definition) is 2. The quantitative estimate of drug-likeness (QED) is 0.360. The standard InChI is InChI=1S/C21H17ClF5N9O2/c1-9(37)12-7-30-33-35(12)18-11(17(23)24)3-10(5-29-18)31-19(38)34-8-20(2,21(25,26)27)16-13(34)6-28-15-4-14(22)32-36(15)16/h3-7,9,17,37H,8H2,1-2H3,(H,31,38)/t9-,20+/m0/s1. The van der Waals surface area contributed by atoms with Gasteiger partial charge in [0.1, 0.15) is 5.41 Å². The Hall–Kier alpha value is -3.92. The molecule has 11 nitrogen and oxygen atoms in total. The molecule has 1 aliphatic rings. The summed E-state index contributed by atoms with van der Waals surface area (Å²) in [6.07, 6.45) is -5.68. The Morgan fingerprint density at radius 3 is 2.61 bits per heavy atom. The fourth-order valence-corrected chi connectivity index (χ4v) is 4.43. The maximum atomic E-state index is 14.3. The van der Waals surface area contributed by atoms with Crippen molar-refractivity contribution in [3.05, 3.63) is 52.8 Å². The second-order valence-corrected chi connectivity index (χ2v) is 9.15. The van der Waals surface area contributed by atoms with Gasteiger partial charge in [-0.15, -0.1) is 5.10 Å². The summed E-state index contributed by atoms with van der Waals surface area (Å²) in [5.41, 5.74) is -3.81. The zero-order valence-electron chi connectivity index (χ0n) is 19.4. The number of carbonyl (C=O) groups is 1. The van der Waals surface area contributed by atoms with E-state index in [4.69, 9.17) is 11.6 Å². The van der Waals surface area contributed by atoms with Crippen LogP contribution in [0.5, 0.6) is 0 Å². The molecule has 0 bridgehead atoms. The number of halogens is 6. The summed E-state index contributed by atoms with van der Waals surface area (Å²) in [6, 6.07) is 1.14. The molecule has 1 aliphatic heterocycles. The molecule has 0 saturated carbocycles. The molecule has 0 unspecified atom stereocenters. The lowest BCUT2D eigenvalue weighted by Crippen LogP contribution is -2.46. The van der Waals surface area contributed by atoms with Crippen molar-refractivity contribution in [1.29, 1.82) is 0 Å². The average molecular weight is 558 g/mol. The number of urea groups is 1. The van der Waals surface area contributed by atoms with Crippen molar-refractivity contribution in [2.24, 2.45) is 0 Å². The number of aliphatic hydroxyl groups is 1. The summed E-state index contributed by atoms with van der Waals surface area (Å²) < 4.78 is 72.4. The summed E-state index contributed by atoms with van der Waals surface area (Å²) in [5.74, 6) is -0.343. The topological polar surface area (TPSA) is 126 Å². The fraction of sp³-hybridized carbons (Fsp3) is 0.333. The Morgan fingerprint density at radius 1 is 1.21 bits per heavy atom. The van der Waals surface area contributed by atoms with Gasteiger partial charge in [0.25, 0.3) is 6.43 Å². The average Bonchev–Trinajstić information content (AvgIpc) is 3.54. The second-order valence-electron chi connectivity index (χ2n) is 8.76. The van der Waals surface area contributed by atoms with E-state index < -0.39 is 42.3 Å². The number of fused-ring (bicyclic) bond motifs is 3. The van der Waals surface area contributed by atoms with E-state index in [-0.39, 0.29) is 39.4 Å². The fourth-order valence-electron chi connectivity index (χ4n) is 4.26. The van der Waals surface area contributed by atoms with Crippen LogP contribution in [-0.2, 0) is 5.41 Å². The van der Waals surface area contributed by atoms with E-state index >= 15 is 0 Å². The lowest BCUT2D eigenvalue weighted by molar-refractivity contribution is -0.181. The molecule has 2 N–H and O–H groups in total. The highest BCUT2D eigenvalue weighted by atomic mass is 35.5. The van der Waals surface area contributed by atoms with Crippen LogP contribution in [0.25, 0.3) is 11.5 Å². The van der Waals surface area contributed by atoms with Gasteiger partial charge in [-0.2, -0.15) is 23.0 Å². The van der Waals surface area contributed by atoms with Crippen LogP contribution in [0.3, 0.4) is 0 Å². The third kappa shape index (κ3) is 3.99. The number of anilines is 2. The van der Waals surface area contributed by atoms with Crippen LogP contribution in [0.4, 0.5) is 38.1 Å². The molecule has 0 radical (unpaired) electrons. The van der Waals surface area contributed by atoms with E-state index in [1.54, 1.807) is 0 Å². The lowest BCUT2D eigenvalue weighted by Gasteiger charge is -2.28. The highest BCUT2D eigenvalue weighted by Gasteiger charge is 2.60. The molecule has 4 aromatic heterocycles. The van der Waals surface area contributed by atoms with Gasteiger partial charge in [0.2, 0.25) is 0 Å². The van der Waals surface area contributed by atoms with E-state index in [1.165, 1.54) is 19.2 Å². The number of hydrogen-bond acceptors (Lipinski definition) is 7. The minimum atomic E-state index is -4.80. The van der Waals surface area contributed by atoms with Crippen LogP contribution in [0.15, 0.2) is 30.7 Å². The van der Waals surface area contributed by atoms with Crippen molar-refractivity contribution in [1.82, 2.24) is 34.6 Å². The largest absolute Gasteiger partial charge is 0.401 e. The smallest absolute Gasteiger partial charge is 0.387 e. The molecule has 0 aromatic carbocycles. The molecule has 5 rings (SSSR count). The van der Waals surface area contributed by atoms with Crippen LogP contribution >= 0.6 is 11.6 Å². The molecule has 0 spiro atoms. The van der Waals surface area contributed by atoms with Gasteiger partial charge < -0.3 is 10.4 Å². The van der Waals surface area contributed by atoms with Crippen molar-refractivity contribution in [2.45, 2.75) is 38.0 Å². The molecule has 2 amide bonds. The van der Waals surface area contributed by atoms with E-state index in [9.17, 15) is 31.9 Å². The van der Waals surface area contributed by atoms with Gasteiger partial charge in [-0.25, -0.2) is 28.1 Å². The second kappa shape index (κ2) is 8.83. The van der Waals surface area contributed by atoms with E-state index in [2.05, 4.69) is 30.7 Å². The molecule has 5 heterocycles. The van der Waals surface area contributed by atoms with E-state index in [0.717, 1.165) is 39.5 Å². The first-order valence-electron chi connectivity index (χ1n) is 10.9. The Morgan fingerprint density at radius 2 is 1.95 bits per heavy atom. The van der Waals surface area contributed by atoms with Crippen molar-refractivity contribution in [2.75, 3.05) is 16.8 Å². The highest BCUT2D eigenvalue weighted by Crippen LogP contribution is 2.50. The van der Waals surface area contributed by atoms with Gasteiger partial charge in [-0.1, -0.05) is 16.8 Å². The number of pyridine rings is 1. The van der Waals surface area contributed by atoms with Crippen molar-refractivity contribution in [3.8, 4) is 5.82 Å². The third-order valence-electron chi connectivity index (χ3n) is 6.18. The molecular formula is C21H17ClF5N9O2. The number of nitrogens with one attached hydrogen (secondary N) is 1. The van der Waals surface area contributed by atoms with Gasteiger partial charge >= 0.3 is 12.2 Å². The van der Waals surface area contributed by atoms with E-state index in [1.807, 2.05) is 0 Å². The summed E-state index contributed by atoms with van der Waals surface area (Å²) in [5, 5.41) is 23.3. The molecule has 38 heavy (non-hydrogen) atoms. The summed E-state index contributed by atoms with van der Waals surface area (Å²) in [7, 11) is 0. The monoisotopic (exact) mass is 557 g/mol. The zero-order chi connectivity index (χ0) is 27.6. The minimum absolute atomic E-state index is 0.0533. The first-order valence-corrected chi connectivity index (χ1v) is 11.3. The molecule has 4 aromatic rings. The predicted octanol–water partition coefficient (Wildman–Crippen LogP) is 4.22. The van der Waals surface area contributed by atoms with Crippen molar-refractivity contribution < 1.29 is 31.9 Å². The number of nitrogens with zero attached hydrogens (tertiary/aromatic N) is 8. The van der Waals surface area contributed by atoms with Gasteiger partial charge in [0, 0.05) is 12.6 Å². The zero-order valence-corrected chi connectivity index (χ0v) is 20.2. The Labute approximate surface area is 214 Å². The number of carbonyl (C=O) groups excluding carboxylic acids is 1. The van der Waals surface area contributed by atoms with Gasteiger partial charge in [-0.05, 0) is 19.9 Å². The highest BCUT2D eigenvalue weighted by molar-refractivity contribution is 6.29. The third-order valence-corrected chi connectivity index (χ3v) is 6.36. The maximum absolute atomic E-state index is 14.3. The van der Waals surface area contributed by atoms with E-state index in [0.29, 0.717) is 0 Å². The van der Waals surface area contributed by atoms with Gasteiger partial charge in [0.15, 0.2) is 16.6 Å². The first kappa shape index (κ1) is 25.7. The SMILES string of the molecule is C[C@H](O)c1cnnn1-c1ncc(NC(=O)N2C[C@@](C)(C(F)(F)F)c3c2cnc2cc(Cl)nn32)cc1C(F)F. The van der Waals surface area contributed by atoms with Crippen LogP contribution in [0.1, 0.15) is 43.3 Å². The molecular weight excluding hydrogens is 541 g/mol. The van der Waals surface area contributed by atoms with Crippen LogP contribution in [0.2, 0.25) is 5.15 Å².